The zero-order valence-corrected chi connectivity index (χ0v) is 13.2. The van der Waals surface area contributed by atoms with Crippen LogP contribution in [0.3, 0.4) is 0 Å². The number of amides is 1. The minimum atomic E-state index is -1.02. The highest BCUT2D eigenvalue weighted by atomic mass is 16.4. The molecule has 21 heavy (non-hydrogen) atoms. The Hall–Kier alpha value is -1.78. The standard InChI is InChI=1S/C16H24N2O3/c1-9-5-7-12(8-6-9)18(4)15(19)13-10(2)14(16(20)21)17-11(13)3/h9,12,17H,5-8H2,1-4H3,(H,20,21). The van der Waals surface area contributed by atoms with E-state index < -0.39 is 5.97 Å². The van der Waals surface area contributed by atoms with Crippen LogP contribution in [0.2, 0.25) is 0 Å². The van der Waals surface area contributed by atoms with Gasteiger partial charge in [0.1, 0.15) is 5.69 Å². The van der Waals surface area contributed by atoms with Gasteiger partial charge < -0.3 is 15.0 Å². The van der Waals surface area contributed by atoms with Crippen molar-refractivity contribution < 1.29 is 14.7 Å². The Morgan fingerprint density at radius 1 is 1.19 bits per heavy atom. The highest BCUT2D eigenvalue weighted by Crippen LogP contribution is 2.28. The molecule has 1 amide bonds. The fourth-order valence-electron chi connectivity index (χ4n) is 3.26. The average Bonchev–Trinajstić information content (AvgIpc) is 2.73. The first kappa shape index (κ1) is 15.6. The minimum Gasteiger partial charge on any atom is -0.477 e. The molecular formula is C16H24N2O3. The van der Waals surface area contributed by atoms with Crippen LogP contribution >= 0.6 is 0 Å². The third kappa shape index (κ3) is 2.96. The van der Waals surface area contributed by atoms with Crippen LogP contribution in [-0.4, -0.2) is 40.0 Å². The predicted octanol–water partition coefficient (Wildman–Crippen LogP) is 2.98. The molecule has 116 valence electrons. The SMILES string of the molecule is Cc1[nH]c(C(=O)O)c(C)c1C(=O)N(C)C1CCC(C)CC1. The van der Waals surface area contributed by atoms with Crippen LogP contribution < -0.4 is 0 Å². The summed E-state index contributed by atoms with van der Waals surface area (Å²) in [7, 11) is 1.83. The number of carboxylic acids is 1. The number of aryl methyl sites for hydroxylation is 1. The first-order valence-corrected chi connectivity index (χ1v) is 7.52. The van der Waals surface area contributed by atoms with E-state index in [1.807, 2.05) is 7.05 Å². The molecule has 5 nitrogen and oxygen atoms in total. The number of aromatic amines is 1. The lowest BCUT2D eigenvalue weighted by molar-refractivity contribution is 0.0677. The number of carbonyl (C=O) groups is 2. The van der Waals surface area contributed by atoms with Crippen LogP contribution in [0.1, 0.15) is 64.7 Å². The van der Waals surface area contributed by atoms with Gasteiger partial charge >= 0.3 is 5.97 Å². The Bertz CT molecular complexity index is 554. The molecule has 0 spiro atoms. The third-order valence-corrected chi connectivity index (χ3v) is 4.72. The van der Waals surface area contributed by atoms with E-state index >= 15 is 0 Å². The second kappa shape index (κ2) is 5.92. The molecule has 0 bridgehead atoms. The lowest BCUT2D eigenvalue weighted by atomic mass is 9.86. The van der Waals surface area contributed by atoms with Crippen molar-refractivity contribution in [3.63, 3.8) is 0 Å². The molecule has 5 heteroatoms. The molecule has 1 saturated carbocycles. The molecule has 1 aromatic rings. The quantitative estimate of drug-likeness (QED) is 0.899. The molecule has 0 atom stereocenters. The average molecular weight is 292 g/mol. The summed E-state index contributed by atoms with van der Waals surface area (Å²) in [6.45, 7) is 5.69. The maximum atomic E-state index is 12.7. The van der Waals surface area contributed by atoms with Crippen LogP contribution in [0, 0.1) is 19.8 Å². The van der Waals surface area contributed by atoms with Gasteiger partial charge in [0.15, 0.2) is 0 Å². The van der Waals surface area contributed by atoms with Gasteiger partial charge in [0, 0.05) is 18.8 Å². The zero-order chi connectivity index (χ0) is 15.7. The summed E-state index contributed by atoms with van der Waals surface area (Å²) >= 11 is 0. The van der Waals surface area contributed by atoms with Gasteiger partial charge in [-0.15, -0.1) is 0 Å². The van der Waals surface area contributed by atoms with E-state index in [1.165, 1.54) is 0 Å². The van der Waals surface area contributed by atoms with Crippen molar-refractivity contribution >= 4 is 11.9 Å². The number of nitrogens with zero attached hydrogens (tertiary/aromatic N) is 1. The van der Waals surface area contributed by atoms with E-state index in [0.29, 0.717) is 16.8 Å². The van der Waals surface area contributed by atoms with E-state index in [0.717, 1.165) is 31.6 Å². The summed E-state index contributed by atoms with van der Waals surface area (Å²) in [4.78, 5) is 28.5. The number of hydrogen-bond donors (Lipinski definition) is 2. The van der Waals surface area contributed by atoms with E-state index in [4.69, 9.17) is 5.11 Å². The number of carbonyl (C=O) groups excluding carboxylic acids is 1. The van der Waals surface area contributed by atoms with E-state index in [-0.39, 0.29) is 17.6 Å². The van der Waals surface area contributed by atoms with Crippen molar-refractivity contribution in [3.05, 3.63) is 22.5 Å². The van der Waals surface area contributed by atoms with Gasteiger partial charge in [-0.1, -0.05) is 6.92 Å². The van der Waals surface area contributed by atoms with Crippen molar-refractivity contribution in [2.24, 2.45) is 5.92 Å². The van der Waals surface area contributed by atoms with Crippen LogP contribution in [0.15, 0.2) is 0 Å². The van der Waals surface area contributed by atoms with E-state index in [1.54, 1.807) is 18.7 Å². The number of H-pyrrole nitrogens is 1. The number of aromatic nitrogens is 1. The van der Waals surface area contributed by atoms with Gasteiger partial charge in [0.25, 0.3) is 5.91 Å². The molecular weight excluding hydrogens is 268 g/mol. The van der Waals surface area contributed by atoms with E-state index in [2.05, 4.69) is 11.9 Å². The maximum Gasteiger partial charge on any atom is 0.352 e. The second-order valence-corrected chi connectivity index (χ2v) is 6.26. The highest BCUT2D eigenvalue weighted by Gasteiger charge is 2.29. The van der Waals surface area contributed by atoms with Crippen molar-refractivity contribution in [1.82, 2.24) is 9.88 Å². The maximum absolute atomic E-state index is 12.7. The molecule has 0 aliphatic heterocycles. The first-order chi connectivity index (χ1) is 9.82. The molecule has 1 aromatic heterocycles. The Labute approximate surface area is 125 Å². The summed E-state index contributed by atoms with van der Waals surface area (Å²) in [6, 6.07) is 0.260. The molecule has 1 fully saturated rings. The Morgan fingerprint density at radius 3 is 2.24 bits per heavy atom. The number of hydrogen-bond acceptors (Lipinski definition) is 2. The fraction of sp³-hybridized carbons (Fsp3) is 0.625. The highest BCUT2D eigenvalue weighted by molar-refractivity contribution is 6.00. The van der Waals surface area contributed by atoms with Crippen LogP contribution in [-0.2, 0) is 0 Å². The van der Waals surface area contributed by atoms with Crippen LogP contribution in [0.25, 0.3) is 0 Å². The largest absolute Gasteiger partial charge is 0.477 e. The fourth-order valence-corrected chi connectivity index (χ4v) is 3.26. The topological polar surface area (TPSA) is 73.4 Å². The molecule has 0 aromatic carbocycles. The van der Waals surface area contributed by atoms with E-state index in [9.17, 15) is 9.59 Å². The third-order valence-electron chi connectivity index (χ3n) is 4.72. The van der Waals surface area contributed by atoms with Crippen LogP contribution in [0.4, 0.5) is 0 Å². The van der Waals surface area contributed by atoms with Crippen molar-refractivity contribution in [2.45, 2.75) is 52.5 Å². The van der Waals surface area contributed by atoms with Gasteiger partial charge in [-0.3, -0.25) is 4.79 Å². The Kier molecular flexibility index (Phi) is 4.40. The number of rotatable bonds is 3. The van der Waals surface area contributed by atoms with Crippen molar-refractivity contribution in [1.29, 1.82) is 0 Å². The number of carboxylic acid groups (broad SMARTS) is 1. The number of aromatic carboxylic acids is 1. The van der Waals surface area contributed by atoms with Crippen molar-refractivity contribution in [2.75, 3.05) is 7.05 Å². The molecule has 2 N–H and O–H groups in total. The molecule has 1 heterocycles. The monoisotopic (exact) mass is 292 g/mol. The minimum absolute atomic E-state index is 0.0756. The second-order valence-electron chi connectivity index (χ2n) is 6.26. The molecule has 2 rings (SSSR count). The first-order valence-electron chi connectivity index (χ1n) is 7.52. The van der Waals surface area contributed by atoms with Gasteiger partial charge in [0.2, 0.25) is 0 Å². The molecule has 1 aliphatic rings. The van der Waals surface area contributed by atoms with Crippen LogP contribution in [0.5, 0.6) is 0 Å². The summed E-state index contributed by atoms with van der Waals surface area (Å²) in [5, 5.41) is 9.15. The molecule has 1 aliphatic carbocycles. The normalized spacial score (nSPS) is 22.1. The Balaban J connectivity index is 2.22. The lowest BCUT2D eigenvalue weighted by Crippen LogP contribution is -2.39. The molecule has 0 unspecified atom stereocenters. The summed E-state index contributed by atoms with van der Waals surface area (Å²) in [5.74, 6) is -0.365. The molecule has 0 radical (unpaired) electrons. The Morgan fingerprint density at radius 2 is 1.76 bits per heavy atom. The van der Waals surface area contributed by atoms with Gasteiger partial charge in [-0.05, 0) is 51.0 Å². The summed E-state index contributed by atoms with van der Waals surface area (Å²) in [6.07, 6.45) is 4.34. The molecule has 0 saturated heterocycles. The van der Waals surface area contributed by atoms with Gasteiger partial charge in [-0.2, -0.15) is 0 Å². The van der Waals surface area contributed by atoms with Gasteiger partial charge in [-0.25, -0.2) is 4.79 Å². The van der Waals surface area contributed by atoms with Crippen molar-refractivity contribution in [3.8, 4) is 0 Å². The predicted molar refractivity (Wildman–Crippen MR) is 80.7 cm³/mol. The zero-order valence-electron chi connectivity index (χ0n) is 13.2. The summed E-state index contributed by atoms with van der Waals surface area (Å²) < 4.78 is 0. The summed E-state index contributed by atoms with van der Waals surface area (Å²) in [5.41, 5.74) is 1.78. The smallest absolute Gasteiger partial charge is 0.352 e. The number of nitrogens with one attached hydrogen (secondary N) is 1. The van der Waals surface area contributed by atoms with Gasteiger partial charge in [0.05, 0.1) is 5.56 Å². The lowest BCUT2D eigenvalue weighted by Gasteiger charge is -2.33.